The molecule has 0 aliphatic heterocycles. The second kappa shape index (κ2) is 25.0. The summed E-state index contributed by atoms with van der Waals surface area (Å²) in [5, 5.41) is 15.3. The molecule has 23 aromatic rings. The molecule has 4 nitrogen and oxygen atoms in total. The molecular weight excluding hydrogens is 1350 g/mol. The molecule has 6 heteroatoms. The molecule has 108 heavy (non-hydrogen) atoms. The maximum absolute atomic E-state index is 2.45. The van der Waals surface area contributed by atoms with Crippen molar-refractivity contribution in [2.24, 2.45) is 0 Å². The van der Waals surface area contributed by atoms with Gasteiger partial charge in [-0.2, -0.15) is 0 Å². The Balaban J connectivity index is 0.000000135. The molecule has 0 fully saturated rings. The van der Waals surface area contributed by atoms with Crippen molar-refractivity contribution >= 4 is 150 Å². The van der Waals surface area contributed by atoms with Crippen LogP contribution in [0.1, 0.15) is 0 Å². The Bertz CT molecular complexity index is 7490. The van der Waals surface area contributed by atoms with Gasteiger partial charge in [-0.15, -0.1) is 22.7 Å². The van der Waals surface area contributed by atoms with Crippen LogP contribution in [0.25, 0.3) is 206 Å². The molecule has 0 spiro atoms. The first-order valence-corrected chi connectivity index (χ1v) is 38.6. The van der Waals surface area contributed by atoms with Crippen molar-refractivity contribution in [2.75, 3.05) is 0 Å². The van der Waals surface area contributed by atoms with E-state index in [1.165, 1.54) is 195 Å². The minimum absolute atomic E-state index is 1.15. The van der Waals surface area contributed by atoms with Crippen LogP contribution in [0.15, 0.2) is 388 Å². The fourth-order valence-electron chi connectivity index (χ4n) is 17.2. The molecule has 0 N–H and O–H groups in total. The van der Waals surface area contributed by atoms with E-state index in [0.717, 1.165) is 11.4 Å². The number of hydrogen-bond donors (Lipinski definition) is 0. The van der Waals surface area contributed by atoms with Gasteiger partial charge >= 0.3 is 0 Å². The number of rotatable bonds is 9. The van der Waals surface area contributed by atoms with Gasteiger partial charge in [0.1, 0.15) is 0 Å². The van der Waals surface area contributed by atoms with Crippen molar-refractivity contribution in [2.45, 2.75) is 0 Å². The zero-order valence-electron chi connectivity index (χ0n) is 58.6. The predicted octanol–water partition coefficient (Wildman–Crippen LogP) is 28.8. The van der Waals surface area contributed by atoms with Crippen LogP contribution < -0.4 is 0 Å². The minimum Gasteiger partial charge on any atom is -0.309 e. The van der Waals surface area contributed by atoms with Crippen LogP contribution in [0.5, 0.6) is 0 Å². The topological polar surface area (TPSA) is 19.7 Å². The number of benzene rings is 17. The lowest BCUT2D eigenvalue weighted by Gasteiger charge is -2.14. The summed E-state index contributed by atoms with van der Waals surface area (Å²) in [5.74, 6) is 0. The first-order valence-electron chi connectivity index (χ1n) is 36.9. The summed E-state index contributed by atoms with van der Waals surface area (Å²) in [6, 6.07) is 143. The monoisotopic (exact) mass is 1410 g/mol. The normalized spacial score (nSPS) is 11.9. The standard InChI is InChI=1S/C54H34N2S.C48H30N2S/c1-3-13-35(14-4-1)39-29-40(36-15-5-2-6-16-36)31-42(30-39)56-50-21-11-8-18-44(50)47-32-37(24-27-51(47)56)38-23-26-45-43-17-7-10-20-49(43)55(52(45)33-38)41-25-28-54-48(34-41)46-19-9-12-22-53(46)57-54;1-2-11-31(12-3-1)32-13-10-14-35(27-32)49-44-19-8-5-16-38(44)41-28-33(22-25-45(41)49)34-21-24-39-37-15-4-7-18-43(37)50(46(39)29-34)36-23-26-48-42(30-36)40-17-6-9-20-47(40)51-48/h1-34H;1-30H. The fraction of sp³-hybridized carbons (Fsp3) is 0. The van der Waals surface area contributed by atoms with Gasteiger partial charge < -0.3 is 18.3 Å². The zero-order valence-corrected chi connectivity index (χ0v) is 60.2. The van der Waals surface area contributed by atoms with Crippen molar-refractivity contribution in [1.29, 1.82) is 0 Å². The Kier molecular flexibility index (Phi) is 14.3. The summed E-state index contributed by atoms with van der Waals surface area (Å²) in [4.78, 5) is 0. The maximum atomic E-state index is 2.45. The van der Waals surface area contributed by atoms with Crippen molar-refractivity contribution < 1.29 is 0 Å². The first kappa shape index (κ1) is 61.8. The van der Waals surface area contributed by atoms with Gasteiger partial charge in [0.2, 0.25) is 0 Å². The molecule has 0 aliphatic carbocycles. The molecule has 17 aromatic carbocycles. The first-order chi connectivity index (χ1) is 53.5. The second-order valence-electron chi connectivity index (χ2n) is 28.3. The van der Waals surface area contributed by atoms with Crippen molar-refractivity contribution in [3.8, 4) is 78.4 Å². The summed E-state index contributed by atoms with van der Waals surface area (Å²) in [6.45, 7) is 0. The molecular formula is C102H64N4S2. The van der Waals surface area contributed by atoms with Gasteiger partial charge in [-0.25, -0.2) is 0 Å². The minimum atomic E-state index is 1.15. The molecule has 504 valence electrons. The van der Waals surface area contributed by atoms with E-state index in [-0.39, 0.29) is 0 Å². The van der Waals surface area contributed by atoms with E-state index in [0.29, 0.717) is 0 Å². The highest BCUT2D eigenvalue weighted by atomic mass is 32.1. The summed E-state index contributed by atoms with van der Waals surface area (Å²) in [7, 11) is 0. The third-order valence-electron chi connectivity index (χ3n) is 22.2. The largest absolute Gasteiger partial charge is 0.309 e. The third kappa shape index (κ3) is 10.1. The summed E-state index contributed by atoms with van der Waals surface area (Å²) < 4.78 is 15.0. The van der Waals surface area contributed by atoms with E-state index in [4.69, 9.17) is 0 Å². The molecule has 0 atom stereocenters. The smallest absolute Gasteiger partial charge is 0.0547 e. The van der Waals surface area contributed by atoms with Crippen molar-refractivity contribution in [1.82, 2.24) is 18.3 Å². The van der Waals surface area contributed by atoms with E-state index >= 15 is 0 Å². The van der Waals surface area contributed by atoms with Gasteiger partial charge in [-0.3, -0.25) is 0 Å². The zero-order chi connectivity index (χ0) is 70.9. The van der Waals surface area contributed by atoms with Gasteiger partial charge in [0, 0.05) is 106 Å². The Labute approximate surface area is 630 Å². The number of nitrogens with zero attached hydrogens (tertiary/aromatic N) is 4. The van der Waals surface area contributed by atoms with Gasteiger partial charge in [0.15, 0.2) is 0 Å². The lowest BCUT2D eigenvalue weighted by atomic mass is 9.98. The number of aromatic nitrogens is 4. The molecule has 6 aromatic heterocycles. The van der Waals surface area contributed by atoms with Crippen LogP contribution in [0, 0.1) is 0 Å². The highest BCUT2D eigenvalue weighted by Crippen LogP contribution is 2.45. The van der Waals surface area contributed by atoms with Crippen LogP contribution >= 0.6 is 22.7 Å². The second-order valence-corrected chi connectivity index (χ2v) is 30.5. The molecule has 0 radical (unpaired) electrons. The van der Waals surface area contributed by atoms with Crippen LogP contribution in [0.3, 0.4) is 0 Å². The average molecular weight is 1410 g/mol. The van der Waals surface area contributed by atoms with E-state index in [2.05, 4.69) is 407 Å². The average Bonchev–Trinajstić information content (AvgIpc) is 1.59. The quantitative estimate of drug-likeness (QED) is 0.137. The summed E-state index contributed by atoms with van der Waals surface area (Å²) in [6.07, 6.45) is 0. The molecule has 0 amide bonds. The lowest BCUT2D eigenvalue weighted by Crippen LogP contribution is -1.96. The van der Waals surface area contributed by atoms with E-state index < -0.39 is 0 Å². The molecule has 0 saturated heterocycles. The van der Waals surface area contributed by atoms with Gasteiger partial charge in [-0.1, -0.05) is 249 Å². The number of fused-ring (bicyclic) bond motifs is 18. The Morgan fingerprint density at radius 2 is 0.426 bits per heavy atom. The van der Waals surface area contributed by atoms with Crippen LogP contribution in [0.4, 0.5) is 0 Å². The van der Waals surface area contributed by atoms with Crippen LogP contribution in [0.2, 0.25) is 0 Å². The fourth-order valence-corrected chi connectivity index (χ4v) is 19.4. The van der Waals surface area contributed by atoms with Gasteiger partial charge in [-0.05, 0) is 195 Å². The summed E-state index contributed by atoms with van der Waals surface area (Å²) >= 11 is 3.73. The van der Waals surface area contributed by atoms with Gasteiger partial charge in [0.25, 0.3) is 0 Å². The molecule has 0 bridgehead atoms. The maximum Gasteiger partial charge on any atom is 0.0547 e. The molecule has 6 heterocycles. The predicted molar refractivity (Wildman–Crippen MR) is 463 cm³/mol. The van der Waals surface area contributed by atoms with Gasteiger partial charge in [0.05, 0.1) is 44.1 Å². The third-order valence-corrected chi connectivity index (χ3v) is 24.5. The lowest BCUT2D eigenvalue weighted by molar-refractivity contribution is 1.18. The van der Waals surface area contributed by atoms with Crippen molar-refractivity contribution in [3.05, 3.63) is 388 Å². The van der Waals surface area contributed by atoms with Crippen molar-refractivity contribution in [3.63, 3.8) is 0 Å². The Morgan fingerprint density at radius 3 is 0.880 bits per heavy atom. The highest BCUT2D eigenvalue weighted by Gasteiger charge is 2.22. The molecule has 23 rings (SSSR count). The molecule has 0 aliphatic rings. The molecule has 0 saturated carbocycles. The van der Waals surface area contributed by atoms with E-state index in [9.17, 15) is 0 Å². The number of thiophene rings is 2. The Hall–Kier alpha value is -13.6. The van der Waals surface area contributed by atoms with E-state index in [1.54, 1.807) is 0 Å². The van der Waals surface area contributed by atoms with Crippen LogP contribution in [-0.2, 0) is 0 Å². The van der Waals surface area contributed by atoms with E-state index in [1.807, 2.05) is 22.7 Å². The SMILES string of the molecule is c1ccc(-c2cc(-c3ccccc3)cc(-n3c4ccccc4c4cc(-c5ccc6c7ccccc7n(-c7ccc8sc9ccccc9c8c7)c6c5)ccc43)c2)cc1.c1ccc(-c2cccc(-n3c4ccccc4c4cc(-c5ccc6c7ccccc7n(-c7ccc8sc9ccccc9c8c7)c6c5)ccc43)c2)cc1. The summed E-state index contributed by atoms with van der Waals surface area (Å²) in [5.41, 5.74) is 26.4. The Morgan fingerprint density at radius 1 is 0.130 bits per heavy atom. The van der Waals surface area contributed by atoms with Crippen LogP contribution in [-0.4, -0.2) is 18.3 Å². The number of para-hydroxylation sites is 4. The number of hydrogen-bond acceptors (Lipinski definition) is 2. The molecule has 0 unspecified atom stereocenters. The highest BCUT2D eigenvalue weighted by molar-refractivity contribution is 7.26.